The molecule has 9 rings (SSSR count). The van der Waals surface area contributed by atoms with E-state index in [0.717, 1.165) is 17.1 Å². The topological polar surface area (TPSA) is 8.17 Å². The van der Waals surface area contributed by atoms with Crippen molar-refractivity contribution in [2.45, 2.75) is 0 Å². The monoisotopic (exact) mass is 612 g/mol. The second kappa shape index (κ2) is 11.8. The molecule has 0 radical (unpaired) electrons. The molecule has 0 unspecified atom stereocenters. The van der Waals surface area contributed by atoms with Gasteiger partial charge in [-0.15, -0.1) is 0 Å². The predicted octanol–water partition coefficient (Wildman–Crippen LogP) is 12.7. The number of aromatic nitrogens is 1. The number of nitrogens with zero attached hydrogens (tertiary/aromatic N) is 2. The highest BCUT2D eigenvalue weighted by Gasteiger charge is 2.16. The third-order valence-corrected chi connectivity index (χ3v) is 9.37. The normalized spacial score (nSPS) is 11.3. The van der Waals surface area contributed by atoms with Crippen LogP contribution < -0.4 is 4.90 Å². The summed E-state index contributed by atoms with van der Waals surface area (Å²) in [7, 11) is 0. The van der Waals surface area contributed by atoms with E-state index in [1.165, 1.54) is 60.5 Å². The van der Waals surface area contributed by atoms with Crippen LogP contribution in [0.1, 0.15) is 0 Å². The lowest BCUT2D eigenvalue weighted by Gasteiger charge is -2.26. The molecule has 0 aliphatic heterocycles. The number of hydrogen-bond acceptors (Lipinski definition) is 1. The smallest absolute Gasteiger partial charge is 0.0541 e. The van der Waals surface area contributed by atoms with Gasteiger partial charge in [-0.05, 0) is 99.8 Å². The predicted molar refractivity (Wildman–Crippen MR) is 204 cm³/mol. The van der Waals surface area contributed by atoms with Gasteiger partial charge in [0.1, 0.15) is 0 Å². The zero-order valence-corrected chi connectivity index (χ0v) is 26.4. The van der Waals surface area contributed by atoms with Crippen LogP contribution in [0.3, 0.4) is 0 Å². The van der Waals surface area contributed by atoms with Gasteiger partial charge in [0.05, 0.1) is 11.0 Å². The van der Waals surface area contributed by atoms with E-state index in [4.69, 9.17) is 0 Å². The molecule has 0 saturated carbocycles. The summed E-state index contributed by atoms with van der Waals surface area (Å²) in [5.74, 6) is 0. The lowest BCUT2D eigenvalue weighted by atomic mass is 10.0. The van der Waals surface area contributed by atoms with Gasteiger partial charge >= 0.3 is 0 Å². The van der Waals surface area contributed by atoms with Crippen molar-refractivity contribution in [2.75, 3.05) is 4.90 Å². The zero-order valence-electron chi connectivity index (χ0n) is 26.4. The maximum absolute atomic E-state index is 2.36. The molecule has 0 fully saturated rings. The Bertz CT molecular complexity index is 2530. The Kier molecular flexibility index (Phi) is 6.84. The fourth-order valence-corrected chi connectivity index (χ4v) is 7.01. The van der Waals surface area contributed by atoms with Crippen LogP contribution in [-0.4, -0.2) is 4.57 Å². The summed E-state index contributed by atoms with van der Waals surface area (Å²) in [6.45, 7) is 0. The molecular formula is C46H32N2. The van der Waals surface area contributed by atoms with E-state index in [1.807, 2.05) is 0 Å². The fraction of sp³-hybridized carbons (Fsp3) is 0. The van der Waals surface area contributed by atoms with Crippen molar-refractivity contribution < 1.29 is 0 Å². The first kappa shape index (κ1) is 27.9. The molecule has 1 aromatic heterocycles. The van der Waals surface area contributed by atoms with E-state index >= 15 is 0 Å². The number of hydrogen-bond donors (Lipinski definition) is 0. The van der Waals surface area contributed by atoms with Crippen molar-refractivity contribution >= 4 is 49.6 Å². The minimum absolute atomic E-state index is 1.11. The van der Waals surface area contributed by atoms with Crippen LogP contribution in [0.5, 0.6) is 0 Å². The Labute approximate surface area is 280 Å². The Balaban J connectivity index is 1.13. The third-order valence-electron chi connectivity index (χ3n) is 9.37. The van der Waals surface area contributed by atoms with Gasteiger partial charge in [-0.1, -0.05) is 127 Å². The van der Waals surface area contributed by atoms with Gasteiger partial charge in [-0.3, -0.25) is 0 Å². The average Bonchev–Trinajstić information content (AvgIpc) is 3.50. The van der Waals surface area contributed by atoms with Gasteiger partial charge < -0.3 is 9.47 Å². The minimum atomic E-state index is 1.11. The summed E-state index contributed by atoms with van der Waals surface area (Å²) in [4.78, 5) is 2.35. The van der Waals surface area contributed by atoms with E-state index in [1.54, 1.807) is 0 Å². The van der Waals surface area contributed by atoms with Crippen molar-refractivity contribution in [1.82, 2.24) is 4.57 Å². The first-order chi connectivity index (χ1) is 23.8. The van der Waals surface area contributed by atoms with E-state index in [9.17, 15) is 0 Å². The summed E-state index contributed by atoms with van der Waals surface area (Å²) in [5.41, 5.74) is 11.8. The highest BCUT2D eigenvalue weighted by Crippen LogP contribution is 2.39. The number of para-hydroxylation sites is 2. The van der Waals surface area contributed by atoms with Crippen LogP contribution in [0.4, 0.5) is 17.1 Å². The standard InChI is InChI=1S/C46H32N2/c1-3-11-33(12-4-1)35-19-25-40(26-20-35)47(42-29-23-34-13-7-8-14-37(34)31-42)41-27-21-36(22-28-41)38-24-30-46-44(32-38)43-17-9-10-18-45(43)48(46)39-15-5-2-6-16-39/h1-32H. The maximum Gasteiger partial charge on any atom is 0.0541 e. The molecule has 48 heavy (non-hydrogen) atoms. The largest absolute Gasteiger partial charge is 0.310 e. The number of rotatable bonds is 6. The Morgan fingerprint density at radius 1 is 0.312 bits per heavy atom. The maximum atomic E-state index is 2.36. The molecule has 0 saturated heterocycles. The molecule has 226 valence electrons. The second-order valence-corrected chi connectivity index (χ2v) is 12.2. The number of fused-ring (bicyclic) bond motifs is 4. The van der Waals surface area contributed by atoms with E-state index in [-0.39, 0.29) is 0 Å². The molecule has 1 heterocycles. The molecule has 8 aromatic carbocycles. The van der Waals surface area contributed by atoms with E-state index in [2.05, 4.69) is 204 Å². The molecule has 2 heteroatoms. The highest BCUT2D eigenvalue weighted by atomic mass is 15.1. The third kappa shape index (κ3) is 4.92. The molecule has 0 spiro atoms. The van der Waals surface area contributed by atoms with Crippen LogP contribution >= 0.6 is 0 Å². The molecule has 9 aromatic rings. The Morgan fingerprint density at radius 2 is 0.833 bits per heavy atom. The van der Waals surface area contributed by atoms with Gasteiger partial charge in [0.2, 0.25) is 0 Å². The molecule has 2 nitrogen and oxygen atoms in total. The van der Waals surface area contributed by atoms with Gasteiger partial charge in [0.25, 0.3) is 0 Å². The van der Waals surface area contributed by atoms with Gasteiger partial charge in [0, 0.05) is 33.5 Å². The Hall–Kier alpha value is -6.38. The van der Waals surface area contributed by atoms with Crippen LogP contribution in [0, 0.1) is 0 Å². The molecule has 0 amide bonds. The first-order valence-corrected chi connectivity index (χ1v) is 16.4. The van der Waals surface area contributed by atoms with Crippen LogP contribution in [-0.2, 0) is 0 Å². The average molecular weight is 613 g/mol. The van der Waals surface area contributed by atoms with Crippen LogP contribution in [0.15, 0.2) is 194 Å². The minimum Gasteiger partial charge on any atom is -0.310 e. The van der Waals surface area contributed by atoms with Crippen LogP contribution in [0.25, 0.3) is 60.5 Å². The molecule has 0 aliphatic carbocycles. The summed E-state index contributed by atoms with van der Waals surface area (Å²) < 4.78 is 2.36. The molecule has 0 aliphatic rings. The van der Waals surface area contributed by atoms with Crippen molar-refractivity contribution in [2.24, 2.45) is 0 Å². The Morgan fingerprint density at radius 3 is 1.56 bits per heavy atom. The SMILES string of the molecule is c1ccc(-c2ccc(N(c3ccc(-c4ccc5c(c4)c4ccccc4n5-c4ccccc4)cc3)c3ccc4ccccc4c3)cc2)cc1. The molecule has 0 atom stereocenters. The van der Waals surface area contributed by atoms with Gasteiger partial charge in [0.15, 0.2) is 0 Å². The second-order valence-electron chi connectivity index (χ2n) is 12.2. The van der Waals surface area contributed by atoms with Crippen molar-refractivity contribution in [1.29, 1.82) is 0 Å². The number of anilines is 3. The van der Waals surface area contributed by atoms with Crippen molar-refractivity contribution in [3.63, 3.8) is 0 Å². The van der Waals surface area contributed by atoms with Crippen molar-refractivity contribution in [3.05, 3.63) is 194 Å². The summed E-state index contributed by atoms with van der Waals surface area (Å²) in [5, 5.41) is 4.98. The quantitative estimate of drug-likeness (QED) is 0.181. The van der Waals surface area contributed by atoms with E-state index < -0.39 is 0 Å². The summed E-state index contributed by atoms with van der Waals surface area (Å²) in [6, 6.07) is 69.9. The van der Waals surface area contributed by atoms with Gasteiger partial charge in [-0.2, -0.15) is 0 Å². The molecule has 0 bridgehead atoms. The lowest BCUT2D eigenvalue weighted by molar-refractivity contribution is 1.18. The zero-order chi connectivity index (χ0) is 31.9. The molecule has 0 N–H and O–H groups in total. The number of benzene rings is 8. The highest BCUT2D eigenvalue weighted by molar-refractivity contribution is 6.10. The lowest BCUT2D eigenvalue weighted by Crippen LogP contribution is -2.09. The molecular weight excluding hydrogens is 581 g/mol. The van der Waals surface area contributed by atoms with Crippen LogP contribution in [0.2, 0.25) is 0 Å². The van der Waals surface area contributed by atoms with E-state index in [0.29, 0.717) is 0 Å². The fourth-order valence-electron chi connectivity index (χ4n) is 7.01. The van der Waals surface area contributed by atoms with Gasteiger partial charge in [-0.25, -0.2) is 0 Å². The summed E-state index contributed by atoms with van der Waals surface area (Å²) in [6.07, 6.45) is 0. The summed E-state index contributed by atoms with van der Waals surface area (Å²) >= 11 is 0. The first-order valence-electron chi connectivity index (χ1n) is 16.4. The van der Waals surface area contributed by atoms with Crippen molar-refractivity contribution in [3.8, 4) is 27.9 Å².